The summed E-state index contributed by atoms with van der Waals surface area (Å²) in [5.74, 6) is -0.412. The van der Waals surface area contributed by atoms with Crippen LogP contribution in [0, 0.1) is 5.92 Å². The number of carbonyl (C=O) groups excluding carboxylic acids is 1. The topological polar surface area (TPSA) is 87.7 Å². The molecule has 1 unspecified atom stereocenters. The number of carboxylic acid groups (broad SMARTS) is 1. The molecule has 108 valence electrons. The Morgan fingerprint density at radius 3 is 2.63 bits per heavy atom. The lowest BCUT2D eigenvalue weighted by Gasteiger charge is -2.25. The summed E-state index contributed by atoms with van der Waals surface area (Å²) in [7, 11) is 0. The fraction of sp³-hybridized carbons (Fsp3) is 0.846. The Morgan fingerprint density at radius 2 is 2.05 bits per heavy atom. The smallest absolute Gasteiger partial charge is 0.329 e. The highest BCUT2D eigenvalue weighted by Gasteiger charge is 2.42. The van der Waals surface area contributed by atoms with Gasteiger partial charge in [-0.1, -0.05) is 12.8 Å². The molecular weight excluding hydrogens is 248 g/mol. The summed E-state index contributed by atoms with van der Waals surface area (Å²) in [4.78, 5) is 23.0. The van der Waals surface area contributed by atoms with Crippen molar-refractivity contribution in [3.05, 3.63) is 0 Å². The maximum absolute atomic E-state index is 11.8. The Hall–Kier alpha value is -1.30. The highest BCUT2D eigenvalue weighted by atomic mass is 16.5. The van der Waals surface area contributed by atoms with Crippen LogP contribution >= 0.6 is 0 Å². The first-order chi connectivity index (χ1) is 9.12. The van der Waals surface area contributed by atoms with Crippen molar-refractivity contribution in [1.82, 2.24) is 10.6 Å². The van der Waals surface area contributed by atoms with Crippen LogP contribution < -0.4 is 10.6 Å². The molecule has 2 fully saturated rings. The molecule has 1 atom stereocenters. The minimum absolute atomic E-state index is 0.372. The monoisotopic (exact) mass is 270 g/mol. The summed E-state index contributed by atoms with van der Waals surface area (Å²) >= 11 is 0. The van der Waals surface area contributed by atoms with Crippen molar-refractivity contribution in [2.24, 2.45) is 5.92 Å². The number of hydrogen-bond acceptors (Lipinski definition) is 3. The number of urea groups is 1. The molecule has 0 aromatic heterocycles. The van der Waals surface area contributed by atoms with Crippen molar-refractivity contribution >= 4 is 12.0 Å². The van der Waals surface area contributed by atoms with Gasteiger partial charge in [0.1, 0.15) is 5.54 Å². The van der Waals surface area contributed by atoms with Crippen LogP contribution in [0.3, 0.4) is 0 Å². The molecule has 0 spiro atoms. The maximum atomic E-state index is 11.8. The van der Waals surface area contributed by atoms with Gasteiger partial charge in [0.25, 0.3) is 0 Å². The Morgan fingerprint density at radius 1 is 1.32 bits per heavy atom. The number of carbonyl (C=O) groups is 2. The van der Waals surface area contributed by atoms with Gasteiger partial charge >= 0.3 is 12.0 Å². The lowest BCUT2D eigenvalue weighted by Crippen LogP contribution is -2.55. The van der Waals surface area contributed by atoms with Gasteiger partial charge in [-0.05, 0) is 31.6 Å². The first-order valence-electron chi connectivity index (χ1n) is 6.99. The Labute approximate surface area is 112 Å². The van der Waals surface area contributed by atoms with Crippen LogP contribution in [0.2, 0.25) is 0 Å². The molecule has 3 N–H and O–H groups in total. The predicted molar refractivity (Wildman–Crippen MR) is 68.9 cm³/mol. The summed E-state index contributed by atoms with van der Waals surface area (Å²) in [5, 5.41) is 14.6. The van der Waals surface area contributed by atoms with E-state index in [-0.39, 0.29) is 6.03 Å². The first-order valence-corrected chi connectivity index (χ1v) is 6.99. The lowest BCUT2D eigenvalue weighted by atomic mass is 9.98. The van der Waals surface area contributed by atoms with E-state index in [2.05, 4.69) is 10.6 Å². The third-order valence-electron chi connectivity index (χ3n) is 4.08. The second kappa shape index (κ2) is 6.23. The number of nitrogens with one attached hydrogen (secondary N) is 2. The maximum Gasteiger partial charge on any atom is 0.329 e. The van der Waals surface area contributed by atoms with Gasteiger partial charge in [0, 0.05) is 19.8 Å². The zero-order valence-corrected chi connectivity index (χ0v) is 11.1. The van der Waals surface area contributed by atoms with Crippen molar-refractivity contribution in [3.63, 3.8) is 0 Å². The van der Waals surface area contributed by atoms with Crippen LogP contribution in [-0.4, -0.2) is 42.4 Å². The summed E-state index contributed by atoms with van der Waals surface area (Å²) < 4.78 is 5.26. The van der Waals surface area contributed by atoms with E-state index in [0.717, 1.165) is 38.9 Å². The molecule has 0 bridgehead atoms. The van der Waals surface area contributed by atoms with Gasteiger partial charge in [0.05, 0.1) is 0 Å². The quantitative estimate of drug-likeness (QED) is 0.698. The Balaban J connectivity index is 1.72. The third-order valence-corrected chi connectivity index (χ3v) is 4.08. The molecule has 19 heavy (non-hydrogen) atoms. The average Bonchev–Trinajstić information content (AvgIpc) is 3.00. The molecule has 0 radical (unpaired) electrons. The number of ether oxygens (including phenoxy) is 1. The number of amides is 2. The molecule has 1 saturated carbocycles. The van der Waals surface area contributed by atoms with Gasteiger partial charge in [-0.3, -0.25) is 0 Å². The number of carboxylic acids is 1. The fourth-order valence-electron chi connectivity index (χ4n) is 2.83. The second-order valence-corrected chi connectivity index (χ2v) is 5.49. The van der Waals surface area contributed by atoms with Crippen LogP contribution in [0.15, 0.2) is 0 Å². The van der Waals surface area contributed by atoms with Gasteiger partial charge in [0.15, 0.2) is 0 Å². The van der Waals surface area contributed by atoms with E-state index in [4.69, 9.17) is 4.74 Å². The molecule has 0 aromatic rings. The van der Waals surface area contributed by atoms with Gasteiger partial charge in [-0.25, -0.2) is 9.59 Å². The lowest BCUT2D eigenvalue weighted by molar-refractivity contribution is -0.144. The minimum Gasteiger partial charge on any atom is -0.480 e. The molecule has 6 nitrogen and oxygen atoms in total. The predicted octanol–water partition coefficient (Wildman–Crippen LogP) is 1.11. The molecule has 0 aromatic carbocycles. The zero-order valence-electron chi connectivity index (χ0n) is 11.1. The van der Waals surface area contributed by atoms with Crippen molar-refractivity contribution in [3.8, 4) is 0 Å². The van der Waals surface area contributed by atoms with Crippen molar-refractivity contribution in [2.75, 3.05) is 19.8 Å². The molecule has 2 aliphatic rings. The Bertz CT molecular complexity index is 334. The van der Waals surface area contributed by atoms with Gasteiger partial charge in [-0.15, -0.1) is 0 Å². The van der Waals surface area contributed by atoms with Crippen LogP contribution in [-0.2, 0) is 9.53 Å². The van der Waals surface area contributed by atoms with Crippen molar-refractivity contribution < 1.29 is 19.4 Å². The van der Waals surface area contributed by atoms with Crippen LogP contribution in [0.1, 0.15) is 38.5 Å². The molecule has 6 heteroatoms. The SMILES string of the molecule is O=C(NCCC1CCOC1)NC1(C(=O)O)CCCC1. The highest BCUT2D eigenvalue weighted by Crippen LogP contribution is 2.29. The summed E-state index contributed by atoms with van der Waals surface area (Å²) in [5.41, 5.74) is -1.06. The van der Waals surface area contributed by atoms with Gasteiger partial charge < -0.3 is 20.5 Å². The molecule has 1 aliphatic carbocycles. The zero-order chi connectivity index (χ0) is 13.7. The highest BCUT2D eigenvalue weighted by molar-refractivity contribution is 5.86. The van der Waals surface area contributed by atoms with Crippen molar-refractivity contribution in [2.45, 2.75) is 44.1 Å². The van der Waals surface area contributed by atoms with Gasteiger partial charge in [-0.2, -0.15) is 0 Å². The van der Waals surface area contributed by atoms with E-state index in [1.807, 2.05) is 0 Å². The fourth-order valence-corrected chi connectivity index (χ4v) is 2.83. The molecule has 1 saturated heterocycles. The summed E-state index contributed by atoms with van der Waals surface area (Å²) in [6.45, 7) is 2.14. The second-order valence-electron chi connectivity index (χ2n) is 5.49. The standard InChI is InChI=1S/C13H22N2O4/c16-11(17)13(5-1-2-6-13)15-12(18)14-7-3-10-4-8-19-9-10/h10H,1-9H2,(H,16,17)(H2,14,15,18). The third kappa shape index (κ3) is 3.59. The van der Waals surface area contributed by atoms with E-state index in [9.17, 15) is 14.7 Å². The number of aliphatic carboxylic acids is 1. The van der Waals surface area contributed by atoms with E-state index < -0.39 is 11.5 Å². The van der Waals surface area contributed by atoms with E-state index in [1.165, 1.54) is 0 Å². The number of hydrogen-bond donors (Lipinski definition) is 3. The normalized spacial score (nSPS) is 25.2. The molecule has 2 rings (SSSR count). The summed E-state index contributed by atoms with van der Waals surface area (Å²) in [6, 6.07) is -0.372. The summed E-state index contributed by atoms with van der Waals surface area (Å²) in [6.07, 6.45) is 4.67. The molecular formula is C13H22N2O4. The van der Waals surface area contributed by atoms with Crippen LogP contribution in [0.5, 0.6) is 0 Å². The van der Waals surface area contributed by atoms with Crippen LogP contribution in [0.25, 0.3) is 0 Å². The molecule has 1 heterocycles. The minimum atomic E-state index is -1.06. The molecule has 2 amide bonds. The van der Waals surface area contributed by atoms with E-state index in [1.54, 1.807) is 0 Å². The number of rotatable bonds is 5. The Kier molecular flexibility index (Phi) is 4.63. The average molecular weight is 270 g/mol. The van der Waals surface area contributed by atoms with Crippen molar-refractivity contribution in [1.29, 1.82) is 0 Å². The van der Waals surface area contributed by atoms with E-state index >= 15 is 0 Å². The largest absolute Gasteiger partial charge is 0.480 e. The molecule has 1 aliphatic heterocycles. The van der Waals surface area contributed by atoms with Gasteiger partial charge in [0.2, 0.25) is 0 Å². The first kappa shape index (κ1) is 14.1. The van der Waals surface area contributed by atoms with E-state index in [0.29, 0.717) is 25.3 Å². The van der Waals surface area contributed by atoms with Crippen LogP contribution in [0.4, 0.5) is 4.79 Å².